The Hall–Kier alpha value is -1.65. The quantitative estimate of drug-likeness (QED) is 0.277. The van der Waals surface area contributed by atoms with Crippen LogP contribution in [0.4, 0.5) is 0 Å². The molecule has 1 aliphatic rings. The second kappa shape index (κ2) is 6.41. The SMILES string of the molecule is CCc1ncc(S(=O)(=O)N2CCN(CC(N)=NO)CC2)[nH]1. The van der Waals surface area contributed by atoms with Crippen molar-refractivity contribution in [3.05, 3.63) is 12.0 Å². The molecule has 0 radical (unpaired) electrons. The summed E-state index contributed by atoms with van der Waals surface area (Å²) >= 11 is 0. The fourth-order valence-electron chi connectivity index (χ4n) is 2.18. The van der Waals surface area contributed by atoms with Gasteiger partial charge in [-0.05, 0) is 0 Å². The van der Waals surface area contributed by atoms with Crippen LogP contribution >= 0.6 is 0 Å². The third-order valence-electron chi connectivity index (χ3n) is 3.40. The van der Waals surface area contributed by atoms with Crippen LogP contribution in [0.1, 0.15) is 12.7 Å². The van der Waals surface area contributed by atoms with Crippen molar-refractivity contribution >= 4 is 15.9 Å². The number of aromatic amines is 1. The molecule has 1 aromatic heterocycles. The predicted octanol–water partition coefficient (Wildman–Crippen LogP) is -0.975. The lowest BCUT2D eigenvalue weighted by molar-refractivity contribution is 0.206. The maximum Gasteiger partial charge on any atom is 0.260 e. The molecule has 0 aliphatic carbocycles. The van der Waals surface area contributed by atoms with Gasteiger partial charge >= 0.3 is 0 Å². The number of rotatable bonds is 5. The third kappa shape index (κ3) is 3.52. The van der Waals surface area contributed by atoms with Crippen molar-refractivity contribution in [2.24, 2.45) is 10.9 Å². The standard InChI is InChI=1S/C11H20N6O3S/c1-2-10-13-7-11(14-10)21(19,20)17-5-3-16(4-6-17)8-9(12)15-18/h7,18H,2-6,8H2,1H3,(H2,12,15)(H,13,14). The maximum atomic E-state index is 12.4. The second-order valence-corrected chi connectivity index (χ2v) is 6.73. The highest BCUT2D eigenvalue weighted by Gasteiger charge is 2.30. The van der Waals surface area contributed by atoms with E-state index < -0.39 is 10.0 Å². The average Bonchev–Trinajstić information content (AvgIpc) is 2.97. The van der Waals surface area contributed by atoms with Gasteiger partial charge in [0.25, 0.3) is 10.0 Å². The summed E-state index contributed by atoms with van der Waals surface area (Å²) in [5.74, 6) is 0.770. The normalized spacial score (nSPS) is 19.0. The summed E-state index contributed by atoms with van der Waals surface area (Å²) in [5, 5.41) is 11.6. The van der Waals surface area contributed by atoms with Gasteiger partial charge in [0.1, 0.15) is 5.82 Å². The number of H-pyrrole nitrogens is 1. The minimum Gasteiger partial charge on any atom is -0.409 e. The Morgan fingerprint density at radius 3 is 2.67 bits per heavy atom. The van der Waals surface area contributed by atoms with Gasteiger partial charge < -0.3 is 15.9 Å². The highest BCUT2D eigenvalue weighted by Crippen LogP contribution is 2.15. The van der Waals surface area contributed by atoms with E-state index in [2.05, 4.69) is 15.1 Å². The third-order valence-corrected chi connectivity index (χ3v) is 5.21. The zero-order valence-corrected chi connectivity index (χ0v) is 12.7. The fraction of sp³-hybridized carbons (Fsp3) is 0.636. The molecule has 10 heteroatoms. The van der Waals surface area contributed by atoms with Crippen LogP contribution in [-0.2, 0) is 16.4 Å². The van der Waals surface area contributed by atoms with Crippen LogP contribution in [0.2, 0.25) is 0 Å². The number of amidine groups is 1. The average molecular weight is 316 g/mol. The van der Waals surface area contributed by atoms with E-state index in [0.29, 0.717) is 45.0 Å². The van der Waals surface area contributed by atoms with E-state index in [1.165, 1.54) is 10.5 Å². The van der Waals surface area contributed by atoms with Crippen molar-refractivity contribution in [2.75, 3.05) is 32.7 Å². The lowest BCUT2D eigenvalue weighted by atomic mass is 10.3. The van der Waals surface area contributed by atoms with E-state index in [0.717, 1.165) is 0 Å². The Morgan fingerprint density at radius 2 is 2.14 bits per heavy atom. The topological polar surface area (TPSA) is 128 Å². The predicted molar refractivity (Wildman–Crippen MR) is 76.6 cm³/mol. The molecule has 1 fully saturated rings. The minimum atomic E-state index is -3.53. The Balaban J connectivity index is 2.00. The van der Waals surface area contributed by atoms with Gasteiger partial charge in [-0.25, -0.2) is 13.4 Å². The first kappa shape index (κ1) is 15.7. The van der Waals surface area contributed by atoms with Crippen molar-refractivity contribution < 1.29 is 13.6 Å². The zero-order valence-electron chi connectivity index (χ0n) is 11.9. The molecule has 118 valence electrons. The largest absolute Gasteiger partial charge is 0.409 e. The van der Waals surface area contributed by atoms with Gasteiger partial charge in [-0.15, -0.1) is 0 Å². The Labute approximate surface area is 123 Å². The van der Waals surface area contributed by atoms with Crippen LogP contribution in [0, 0.1) is 0 Å². The van der Waals surface area contributed by atoms with Crippen LogP contribution in [0.5, 0.6) is 0 Å². The highest BCUT2D eigenvalue weighted by atomic mass is 32.2. The number of piperazine rings is 1. The first-order valence-corrected chi connectivity index (χ1v) is 8.14. The Morgan fingerprint density at radius 1 is 1.48 bits per heavy atom. The van der Waals surface area contributed by atoms with Crippen LogP contribution < -0.4 is 5.73 Å². The van der Waals surface area contributed by atoms with Gasteiger partial charge in [-0.3, -0.25) is 4.90 Å². The lowest BCUT2D eigenvalue weighted by Gasteiger charge is -2.33. The summed E-state index contributed by atoms with van der Waals surface area (Å²) in [6, 6.07) is 0. The van der Waals surface area contributed by atoms with Crippen molar-refractivity contribution in [2.45, 2.75) is 18.4 Å². The summed E-state index contributed by atoms with van der Waals surface area (Å²) in [4.78, 5) is 8.79. The molecular formula is C11H20N6O3S. The van der Waals surface area contributed by atoms with Gasteiger partial charge in [0.2, 0.25) is 0 Å². The number of nitrogens with one attached hydrogen (secondary N) is 1. The molecule has 2 rings (SSSR count). The van der Waals surface area contributed by atoms with Gasteiger partial charge in [-0.1, -0.05) is 12.1 Å². The molecule has 0 spiro atoms. The fourth-order valence-corrected chi connectivity index (χ4v) is 3.54. The first-order valence-electron chi connectivity index (χ1n) is 6.70. The molecule has 0 unspecified atom stereocenters. The van der Waals surface area contributed by atoms with E-state index in [1.54, 1.807) is 0 Å². The number of aromatic nitrogens is 2. The van der Waals surface area contributed by atoms with Crippen LogP contribution in [0.3, 0.4) is 0 Å². The van der Waals surface area contributed by atoms with E-state index in [-0.39, 0.29) is 10.9 Å². The smallest absolute Gasteiger partial charge is 0.260 e. The number of nitrogens with zero attached hydrogens (tertiary/aromatic N) is 4. The summed E-state index contributed by atoms with van der Waals surface area (Å²) in [6.45, 7) is 4.02. The highest BCUT2D eigenvalue weighted by molar-refractivity contribution is 7.89. The lowest BCUT2D eigenvalue weighted by Crippen LogP contribution is -2.50. The molecule has 2 heterocycles. The minimum absolute atomic E-state index is 0.118. The molecule has 21 heavy (non-hydrogen) atoms. The maximum absolute atomic E-state index is 12.4. The van der Waals surface area contributed by atoms with Gasteiger partial charge in [0.15, 0.2) is 10.9 Å². The van der Waals surface area contributed by atoms with Gasteiger partial charge in [0, 0.05) is 32.6 Å². The van der Waals surface area contributed by atoms with Gasteiger partial charge in [-0.2, -0.15) is 4.31 Å². The number of hydrogen-bond acceptors (Lipinski definition) is 6. The van der Waals surface area contributed by atoms with E-state index in [1.807, 2.05) is 11.8 Å². The molecule has 0 atom stereocenters. The number of oxime groups is 1. The summed E-state index contributed by atoms with van der Waals surface area (Å²) in [6.07, 6.45) is 2.01. The van der Waals surface area contributed by atoms with E-state index in [9.17, 15) is 8.42 Å². The molecule has 0 saturated carbocycles. The molecule has 0 amide bonds. The van der Waals surface area contributed by atoms with Crippen LogP contribution in [0.25, 0.3) is 0 Å². The molecular weight excluding hydrogens is 296 g/mol. The number of hydrogen-bond donors (Lipinski definition) is 3. The molecule has 1 aromatic rings. The van der Waals surface area contributed by atoms with E-state index >= 15 is 0 Å². The number of sulfonamides is 1. The monoisotopic (exact) mass is 316 g/mol. The molecule has 1 saturated heterocycles. The van der Waals surface area contributed by atoms with Crippen molar-refractivity contribution in [1.29, 1.82) is 0 Å². The van der Waals surface area contributed by atoms with Crippen LogP contribution in [0.15, 0.2) is 16.4 Å². The molecule has 0 bridgehead atoms. The van der Waals surface area contributed by atoms with Gasteiger partial charge in [0.05, 0.1) is 12.7 Å². The zero-order chi connectivity index (χ0) is 15.5. The summed E-state index contributed by atoms with van der Waals surface area (Å²) in [5.41, 5.74) is 5.45. The molecule has 9 nitrogen and oxygen atoms in total. The second-order valence-electron chi connectivity index (χ2n) is 4.82. The van der Waals surface area contributed by atoms with Crippen molar-refractivity contribution in [3.63, 3.8) is 0 Å². The summed E-state index contributed by atoms with van der Waals surface area (Å²) < 4.78 is 26.3. The number of nitrogens with two attached hydrogens (primary N) is 1. The number of imidazole rings is 1. The van der Waals surface area contributed by atoms with Crippen LogP contribution in [-0.4, -0.2) is 71.4 Å². The van der Waals surface area contributed by atoms with Crippen molar-refractivity contribution in [3.8, 4) is 0 Å². The van der Waals surface area contributed by atoms with E-state index in [4.69, 9.17) is 10.9 Å². The molecule has 4 N–H and O–H groups in total. The summed E-state index contributed by atoms with van der Waals surface area (Å²) in [7, 11) is -3.53. The molecule has 1 aliphatic heterocycles. The Kier molecular flexibility index (Phi) is 4.80. The number of aryl methyl sites for hydroxylation is 1. The van der Waals surface area contributed by atoms with Crippen molar-refractivity contribution in [1.82, 2.24) is 19.2 Å². The molecule has 0 aromatic carbocycles. The Bertz CT molecular complexity index is 603. The first-order chi connectivity index (χ1) is 9.97.